The second-order valence-corrected chi connectivity index (χ2v) is 5.80. The van der Waals surface area contributed by atoms with Gasteiger partial charge in [-0.1, -0.05) is 28.9 Å². The van der Waals surface area contributed by atoms with Crippen LogP contribution < -0.4 is 0 Å². The Balaban J connectivity index is 1.81. The van der Waals surface area contributed by atoms with E-state index < -0.39 is 5.97 Å². The average molecular weight is 335 g/mol. The van der Waals surface area contributed by atoms with Crippen LogP contribution in [-0.4, -0.2) is 49.5 Å². The first-order valence-electron chi connectivity index (χ1n) is 7.26. The number of para-hydroxylation sites is 1. The van der Waals surface area contributed by atoms with Crippen molar-refractivity contribution in [2.45, 2.75) is 25.3 Å². The number of benzene rings is 1. The molecule has 23 heavy (non-hydrogen) atoms. The molecule has 120 valence electrons. The molecule has 0 bridgehead atoms. The molecule has 1 aliphatic rings. The molecule has 1 amide bonds. The lowest BCUT2D eigenvalue weighted by molar-refractivity contribution is -0.137. The van der Waals surface area contributed by atoms with E-state index in [0.29, 0.717) is 23.7 Å². The third kappa shape index (κ3) is 3.19. The second-order valence-electron chi connectivity index (χ2n) is 5.39. The molecule has 2 aromatic rings. The number of carbonyl (C=O) groups excluding carboxylic acids is 1. The summed E-state index contributed by atoms with van der Waals surface area (Å²) in [5.74, 6) is -1.21. The van der Waals surface area contributed by atoms with E-state index in [-0.39, 0.29) is 24.1 Å². The van der Waals surface area contributed by atoms with Crippen LogP contribution in [-0.2, 0) is 4.79 Å². The van der Waals surface area contributed by atoms with Gasteiger partial charge >= 0.3 is 5.97 Å². The van der Waals surface area contributed by atoms with Crippen LogP contribution >= 0.6 is 11.6 Å². The second kappa shape index (κ2) is 6.37. The highest BCUT2D eigenvalue weighted by Crippen LogP contribution is 2.23. The van der Waals surface area contributed by atoms with Crippen molar-refractivity contribution >= 4 is 23.5 Å². The minimum absolute atomic E-state index is 0.0512. The maximum atomic E-state index is 12.6. The molecule has 1 N–H and O–H groups in total. The number of hydrogen-bond acceptors (Lipinski definition) is 4. The van der Waals surface area contributed by atoms with Gasteiger partial charge in [0.05, 0.1) is 23.3 Å². The van der Waals surface area contributed by atoms with Crippen LogP contribution in [0.3, 0.4) is 0 Å². The lowest BCUT2D eigenvalue weighted by atomic mass is 10.1. The zero-order valence-electron chi connectivity index (χ0n) is 12.2. The van der Waals surface area contributed by atoms with Crippen LogP contribution in [0.5, 0.6) is 0 Å². The maximum absolute atomic E-state index is 12.6. The Morgan fingerprint density at radius 2 is 2.13 bits per heavy atom. The molecule has 0 radical (unpaired) electrons. The summed E-state index contributed by atoms with van der Waals surface area (Å²) in [5.41, 5.74) is 0.812. The number of aliphatic carboxylic acids is 1. The molecule has 2 heterocycles. The van der Waals surface area contributed by atoms with Gasteiger partial charge in [-0.2, -0.15) is 0 Å². The Morgan fingerprint density at radius 3 is 2.87 bits per heavy atom. The van der Waals surface area contributed by atoms with E-state index in [1.165, 1.54) is 10.9 Å². The fourth-order valence-electron chi connectivity index (χ4n) is 2.78. The van der Waals surface area contributed by atoms with E-state index in [4.69, 9.17) is 16.7 Å². The van der Waals surface area contributed by atoms with Gasteiger partial charge in [0.15, 0.2) is 5.69 Å². The van der Waals surface area contributed by atoms with Crippen molar-refractivity contribution in [3.63, 3.8) is 0 Å². The number of rotatable bonds is 4. The highest BCUT2D eigenvalue weighted by atomic mass is 35.5. The minimum atomic E-state index is -0.908. The molecule has 1 aromatic heterocycles. The largest absolute Gasteiger partial charge is 0.481 e. The number of nitrogens with zero attached hydrogens (tertiary/aromatic N) is 4. The smallest absolute Gasteiger partial charge is 0.305 e. The number of likely N-dealkylation sites (tertiary alicyclic amines) is 1. The van der Waals surface area contributed by atoms with Gasteiger partial charge in [-0.15, -0.1) is 5.10 Å². The number of carboxylic acid groups (broad SMARTS) is 1. The van der Waals surface area contributed by atoms with Crippen molar-refractivity contribution in [3.05, 3.63) is 41.2 Å². The van der Waals surface area contributed by atoms with Crippen LogP contribution in [0.25, 0.3) is 5.69 Å². The lowest BCUT2D eigenvalue weighted by Crippen LogP contribution is -2.37. The molecule has 1 unspecified atom stereocenters. The van der Waals surface area contributed by atoms with Crippen molar-refractivity contribution in [2.24, 2.45) is 0 Å². The fraction of sp³-hybridized carbons (Fsp3) is 0.333. The summed E-state index contributed by atoms with van der Waals surface area (Å²) in [4.78, 5) is 25.0. The Labute approximate surface area is 137 Å². The summed E-state index contributed by atoms with van der Waals surface area (Å²) in [6.45, 7) is 0.537. The molecule has 0 aliphatic carbocycles. The first-order chi connectivity index (χ1) is 11.1. The molecular formula is C15H15ClN4O3. The Bertz CT molecular complexity index is 746. The molecule has 1 saturated heterocycles. The Kier molecular flexibility index (Phi) is 4.29. The zero-order valence-corrected chi connectivity index (χ0v) is 13.0. The van der Waals surface area contributed by atoms with Crippen molar-refractivity contribution < 1.29 is 14.7 Å². The molecule has 1 fully saturated rings. The number of carboxylic acids is 1. The molecule has 1 atom stereocenters. The predicted molar refractivity (Wildman–Crippen MR) is 82.7 cm³/mol. The van der Waals surface area contributed by atoms with Gasteiger partial charge in [-0.25, -0.2) is 4.68 Å². The summed E-state index contributed by atoms with van der Waals surface area (Å²) >= 11 is 6.11. The van der Waals surface area contributed by atoms with Gasteiger partial charge in [0.25, 0.3) is 5.91 Å². The van der Waals surface area contributed by atoms with Crippen LogP contribution in [0.15, 0.2) is 30.5 Å². The summed E-state index contributed by atoms with van der Waals surface area (Å²) in [6.07, 6.45) is 2.95. The first-order valence-corrected chi connectivity index (χ1v) is 7.64. The van der Waals surface area contributed by atoms with Gasteiger partial charge in [0.2, 0.25) is 0 Å². The predicted octanol–water partition coefficient (Wildman–Crippen LogP) is 2.00. The van der Waals surface area contributed by atoms with Gasteiger partial charge in [-0.05, 0) is 25.0 Å². The zero-order chi connectivity index (χ0) is 16.4. The van der Waals surface area contributed by atoms with E-state index in [0.717, 1.165) is 6.42 Å². The molecule has 0 saturated carbocycles. The van der Waals surface area contributed by atoms with E-state index in [2.05, 4.69) is 10.3 Å². The molecule has 0 spiro atoms. The van der Waals surface area contributed by atoms with Crippen molar-refractivity contribution in [1.29, 1.82) is 0 Å². The van der Waals surface area contributed by atoms with Crippen LogP contribution in [0.1, 0.15) is 29.8 Å². The average Bonchev–Trinajstić information content (AvgIpc) is 3.16. The number of carbonyl (C=O) groups is 2. The summed E-state index contributed by atoms with van der Waals surface area (Å²) < 4.78 is 1.44. The Hall–Kier alpha value is -2.41. The minimum Gasteiger partial charge on any atom is -0.481 e. The molecule has 8 heteroatoms. The topological polar surface area (TPSA) is 88.3 Å². The maximum Gasteiger partial charge on any atom is 0.305 e. The van der Waals surface area contributed by atoms with Crippen molar-refractivity contribution in [3.8, 4) is 5.69 Å². The number of aromatic nitrogens is 3. The molecule has 3 rings (SSSR count). The van der Waals surface area contributed by atoms with Crippen LogP contribution in [0.4, 0.5) is 0 Å². The standard InChI is InChI=1S/C15H15ClN4O3/c16-11-5-1-2-6-13(11)20-9-12(17-18-20)15(23)19-7-3-4-10(19)8-14(21)22/h1-2,5-6,9-10H,3-4,7-8H2,(H,21,22). The van der Waals surface area contributed by atoms with E-state index in [1.54, 1.807) is 23.1 Å². The van der Waals surface area contributed by atoms with Gasteiger partial charge < -0.3 is 10.0 Å². The van der Waals surface area contributed by atoms with Gasteiger partial charge in [-0.3, -0.25) is 9.59 Å². The fourth-order valence-corrected chi connectivity index (χ4v) is 3.00. The monoisotopic (exact) mass is 334 g/mol. The molecule has 1 aliphatic heterocycles. The van der Waals surface area contributed by atoms with Crippen LogP contribution in [0.2, 0.25) is 5.02 Å². The first kappa shape index (κ1) is 15.5. The third-order valence-electron chi connectivity index (χ3n) is 3.86. The highest BCUT2D eigenvalue weighted by Gasteiger charge is 2.32. The third-order valence-corrected chi connectivity index (χ3v) is 4.18. The number of hydrogen-bond donors (Lipinski definition) is 1. The molecular weight excluding hydrogens is 320 g/mol. The number of amides is 1. The van der Waals surface area contributed by atoms with Crippen molar-refractivity contribution in [2.75, 3.05) is 6.54 Å². The van der Waals surface area contributed by atoms with Gasteiger partial charge in [0, 0.05) is 12.6 Å². The lowest BCUT2D eigenvalue weighted by Gasteiger charge is -2.22. The van der Waals surface area contributed by atoms with E-state index >= 15 is 0 Å². The van der Waals surface area contributed by atoms with Crippen molar-refractivity contribution in [1.82, 2.24) is 19.9 Å². The summed E-state index contributed by atoms with van der Waals surface area (Å²) in [7, 11) is 0. The normalized spacial score (nSPS) is 17.4. The molecule has 7 nitrogen and oxygen atoms in total. The van der Waals surface area contributed by atoms with E-state index in [9.17, 15) is 9.59 Å². The summed E-state index contributed by atoms with van der Waals surface area (Å²) in [5, 5.41) is 17.3. The van der Waals surface area contributed by atoms with Crippen LogP contribution in [0, 0.1) is 0 Å². The summed E-state index contributed by atoms with van der Waals surface area (Å²) in [6, 6.07) is 6.83. The quantitative estimate of drug-likeness (QED) is 0.923. The highest BCUT2D eigenvalue weighted by molar-refractivity contribution is 6.32. The Morgan fingerprint density at radius 1 is 1.35 bits per heavy atom. The van der Waals surface area contributed by atoms with Gasteiger partial charge in [0.1, 0.15) is 0 Å². The van der Waals surface area contributed by atoms with E-state index in [1.807, 2.05) is 6.07 Å². The SMILES string of the molecule is O=C(O)CC1CCCN1C(=O)c1cn(-c2ccccc2Cl)nn1. The molecule has 1 aromatic carbocycles. The number of halogens is 1.